The summed E-state index contributed by atoms with van der Waals surface area (Å²) in [4.78, 5) is 21.2. The Balaban J connectivity index is 2.21. The van der Waals surface area contributed by atoms with Gasteiger partial charge < -0.3 is 18.4 Å². The molecule has 1 aliphatic heterocycles. The number of rotatable bonds is 4. The van der Waals surface area contributed by atoms with E-state index in [4.69, 9.17) is 8.85 Å². The Morgan fingerprint density at radius 1 is 1.43 bits per heavy atom. The van der Waals surface area contributed by atoms with Crippen molar-refractivity contribution in [3.05, 3.63) is 0 Å². The lowest BCUT2D eigenvalue weighted by atomic mass is 10.5. The van der Waals surface area contributed by atoms with Crippen LogP contribution >= 0.6 is 0 Å². The van der Waals surface area contributed by atoms with Crippen LogP contribution in [0.1, 0.15) is 0 Å². The van der Waals surface area contributed by atoms with Crippen LogP contribution in [0.3, 0.4) is 0 Å². The molecule has 2 N–H and O–H groups in total. The predicted octanol–water partition coefficient (Wildman–Crippen LogP) is -1.22. The van der Waals surface area contributed by atoms with E-state index in [0.29, 0.717) is 6.17 Å². The Morgan fingerprint density at radius 2 is 2.00 bits per heavy atom. The van der Waals surface area contributed by atoms with Crippen LogP contribution in [0.4, 0.5) is 0 Å². The molecule has 0 radical (unpaired) electrons. The SMILES string of the molecule is C[Si](C)(O)O[SiH](O)CN1CCOCC1. The molecule has 1 aliphatic rings. The van der Waals surface area contributed by atoms with Crippen LogP contribution in [0.25, 0.3) is 0 Å². The van der Waals surface area contributed by atoms with Crippen molar-refractivity contribution < 1.29 is 18.4 Å². The van der Waals surface area contributed by atoms with Crippen molar-refractivity contribution in [2.24, 2.45) is 0 Å². The van der Waals surface area contributed by atoms with E-state index < -0.39 is 17.8 Å². The summed E-state index contributed by atoms with van der Waals surface area (Å²) in [5, 5.41) is 0. The second-order valence-electron chi connectivity index (χ2n) is 3.93. The summed E-state index contributed by atoms with van der Waals surface area (Å²) in [6, 6.07) is 0. The van der Waals surface area contributed by atoms with E-state index in [2.05, 4.69) is 4.90 Å². The minimum atomic E-state index is -2.55. The molecule has 0 aromatic heterocycles. The maximum Gasteiger partial charge on any atom is 0.324 e. The minimum Gasteiger partial charge on any atom is -0.417 e. The standard InChI is InChI=1S/C7H19NO4Si2/c1-14(2,10)12-13(9)7-8-3-5-11-6-4-8/h9-10,13H,3-7H2,1-2H3. The Morgan fingerprint density at radius 3 is 2.50 bits per heavy atom. The van der Waals surface area contributed by atoms with Gasteiger partial charge in [-0.2, -0.15) is 0 Å². The topological polar surface area (TPSA) is 62.2 Å². The van der Waals surface area contributed by atoms with Gasteiger partial charge in [-0.15, -0.1) is 0 Å². The molecule has 14 heavy (non-hydrogen) atoms. The molecule has 1 saturated heterocycles. The zero-order valence-electron chi connectivity index (χ0n) is 8.77. The Labute approximate surface area is 87.4 Å². The van der Waals surface area contributed by atoms with Gasteiger partial charge in [0.05, 0.1) is 13.2 Å². The molecule has 1 fully saturated rings. The van der Waals surface area contributed by atoms with Crippen molar-refractivity contribution in [1.29, 1.82) is 0 Å². The molecule has 1 heterocycles. The largest absolute Gasteiger partial charge is 0.417 e. The maximum atomic E-state index is 9.65. The molecule has 1 rings (SSSR count). The van der Waals surface area contributed by atoms with Gasteiger partial charge in [-0.25, -0.2) is 0 Å². The molecule has 0 saturated carbocycles. The van der Waals surface area contributed by atoms with E-state index >= 15 is 0 Å². The zero-order valence-corrected chi connectivity index (χ0v) is 10.9. The first kappa shape index (κ1) is 12.3. The van der Waals surface area contributed by atoms with Crippen molar-refractivity contribution >= 4 is 17.8 Å². The summed E-state index contributed by atoms with van der Waals surface area (Å²) in [5.74, 6) is 0. The summed E-state index contributed by atoms with van der Waals surface area (Å²) in [5.41, 5.74) is 0. The summed E-state index contributed by atoms with van der Waals surface area (Å²) in [6.07, 6.45) is 0.584. The third kappa shape index (κ3) is 5.20. The summed E-state index contributed by atoms with van der Waals surface area (Å²) in [7, 11) is -4.77. The van der Waals surface area contributed by atoms with Gasteiger partial charge in [0.25, 0.3) is 0 Å². The van der Waals surface area contributed by atoms with Crippen LogP contribution in [0.15, 0.2) is 0 Å². The molecule has 7 heteroatoms. The monoisotopic (exact) mass is 237 g/mol. The van der Waals surface area contributed by atoms with Crippen LogP contribution in [0, 0.1) is 0 Å². The smallest absolute Gasteiger partial charge is 0.324 e. The van der Waals surface area contributed by atoms with Crippen molar-refractivity contribution in [1.82, 2.24) is 4.90 Å². The lowest BCUT2D eigenvalue weighted by molar-refractivity contribution is 0.0430. The van der Waals surface area contributed by atoms with E-state index in [-0.39, 0.29) is 0 Å². The van der Waals surface area contributed by atoms with E-state index in [1.165, 1.54) is 0 Å². The van der Waals surface area contributed by atoms with Crippen LogP contribution in [0.5, 0.6) is 0 Å². The first-order valence-corrected chi connectivity index (χ1v) is 9.52. The predicted molar refractivity (Wildman–Crippen MR) is 57.4 cm³/mol. The van der Waals surface area contributed by atoms with E-state index in [1.807, 2.05) is 0 Å². The van der Waals surface area contributed by atoms with Gasteiger partial charge in [0.15, 0.2) is 0 Å². The van der Waals surface area contributed by atoms with Gasteiger partial charge in [-0.1, -0.05) is 0 Å². The molecule has 5 nitrogen and oxygen atoms in total. The Bertz CT molecular complexity index is 170. The normalized spacial score (nSPS) is 22.3. The van der Waals surface area contributed by atoms with Crippen molar-refractivity contribution in [2.45, 2.75) is 13.1 Å². The van der Waals surface area contributed by atoms with Gasteiger partial charge in [0, 0.05) is 19.3 Å². The second-order valence-corrected chi connectivity index (χ2v) is 9.04. The fourth-order valence-electron chi connectivity index (χ4n) is 1.37. The van der Waals surface area contributed by atoms with Crippen molar-refractivity contribution in [3.8, 4) is 0 Å². The lowest BCUT2D eigenvalue weighted by Crippen LogP contribution is -2.48. The summed E-state index contributed by atoms with van der Waals surface area (Å²) >= 11 is 0. The van der Waals surface area contributed by atoms with Crippen LogP contribution in [0.2, 0.25) is 13.1 Å². The molecule has 0 bridgehead atoms. The fourth-order valence-corrected chi connectivity index (χ4v) is 5.14. The van der Waals surface area contributed by atoms with Gasteiger partial charge in [0.2, 0.25) is 0 Å². The molecule has 0 aliphatic carbocycles. The molecule has 1 unspecified atom stereocenters. The molecule has 0 aromatic carbocycles. The average molecular weight is 237 g/mol. The first-order valence-electron chi connectivity index (χ1n) is 4.86. The maximum absolute atomic E-state index is 9.65. The molecular weight excluding hydrogens is 218 g/mol. The van der Waals surface area contributed by atoms with Gasteiger partial charge in [-0.05, 0) is 13.1 Å². The molecule has 84 valence electrons. The van der Waals surface area contributed by atoms with Crippen LogP contribution < -0.4 is 0 Å². The number of morpholine rings is 1. The molecule has 0 amide bonds. The summed E-state index contributed by atoms with van der Waals surface area (Å²) < 4.78 is 10.4. The Kier molecular flexibility index (Phi) is 4.71. The molecule has 0 aromatic rings. The second kappa shape index (κ2) is 5.35. The highest BCUT2D eigenvalue weighted by Gasteiger charge is 2.26. The number of hydrogen-bond acceptors (Lipinski definition) is 5. The lowest BCUT2D eigenvalue weighted by Gasteiger charge is -2.29. The Hall–Kier alpha value is 0.234. The van der Waals surface area contributed by atoms with Crippen LogP contribution in [-0.4, -0.2) is 64.8 Å². The molecular formula is C7H19NO4Si2. The minimum absolute atomic E-state index is 0.584. The van der Waals surface area contributed by atoms with E-state index in [1.54, 1.807) is 13.1 Å². The number of ether oxygens (including phenoxy) is 1. The molecule has 1 atom stereocenters. The van der Waals surface area contributed by atoms with Crippen molar-refractivity contribution in [2.75, 3.05) is 32.5 Å². The third-order valence-electron chi connectivity index (χ3n) is 1.94. The fraction of sp³-hybridized carbons (Fsp3) is 1.00. The van der Waals surface area contributed by atoms with E-state index in [9.17, 15) is 9.59 Å². The molecule has 0 spiro atoms. The highest BCUT2D eigenvalue weighted by atomic mass is 28.4. The third-order valence-corrected chi connectivity index (χ3v) is 6.17. The number of hydrogen-bond donors (Lipinski definition) is 2. The van der Waals surface area contributed by atoms with E-state index in [0.717, 1.165) is 26.3 Å². The zero-order chi connectivity index (χ0) is 10.6. The van der Waals surface area contributed by atoms with Crippen LogP contribution in [-0.2, 0) is 8.85 Å². The highest BCUT2D eigenvalue weighted by molar-refractivity contribution is 6.70. The average Bonchev–Trinajstić information content (AvgIpc) is 2.02. The van der Waals surface area contributed by atoms with Gasteiger partial charge in [0.1, 0.15) is 0 Å². The first-order chi connectivity index (χ1) is 6.47. The quantitative estimate of drug-likeness (QED) is 0.600. The van der Waals surface area contributed by atoms with Gasteiger partial charge >= 0.3 is 17.8 Å². The number of nitrogens with zero attached hydrogens (tertiary/aromatic N) is 1. The van der Waals surface area contributed by atoms with Gasteiger partial charge in [-0.3, -0.25) is 4.90 Å². The summed E-state index contributed by atoms with van der Waals surface area (Å²) in [6.45, 7) is 6.48. The highest BCUT2D eigenvalue weighted by Crippen LogP contribution is 2.03. The van der Waals surface area contributed by atoms with Crippen molar-refractivity contribution in [3.63, 3.8) is 0 Å².